The van der Waals surface area contributed by atoms with Crippen LogP contribution in [0.25, 0.3) is 0 Å². The maximum Gasteiger partial charge on any atom is 0.223 e. The summed E-state index contributed by atoms with van der Waals surface area (Å²) in [6, 6.07) is 0.452. The van der Waals surface area contributed by atoms with E-state index in [0.29, 0.717) is 37.0 Å². The zero-order chi connectivity index (χ0) is 16.1. The highest BCUT2D eigenvalue weighted by atomic mass is 35.5. The number of carbonyl (C=O) groups excluding carboxylic acids is 2. The second-order valence-corrected chi connectivity index (χ2v) is 6.24. The first-order valence-electron chi connectivity index (χ1n) is 7.60. The molecule has 0 spiro atoms. The zero-order valence-corrected chi connectivity index (χ0v) is 13.9. The van der Waals surface area contributed by atoms with Gasteiger partial charge in [0.15, 0.2) is 0 Å². The van der Waals surface area contributed by atoms with E-state index in [9.17, 15) is 9.59 Å². The van der Waals surface area contributed by atoms with Crippen molar-refractivity contribution in [3.05, 3.63) is 17.2 Å². The molecule has 0 bridgehead atoms. The Bertz CT molecular complexity index is 530. The highest BCUT2D eigenvalue weighted by Gasteiger charge is 2.27. The van der Waals surface area contributed by atoms with Gasteiger partial charge in [0.1, 0.15) is 17.3 Å². The molecular weight excluding hydrogens is 304 g/mol. The fourth-order valence-electron chi connectivity index (χ4n) is 2.77. The van der Waals surface area contributed by atoms with Gasteiger partial charge in [-0.15, -0.1) is 0 Å². The normalized spacial score (nSPS) is 18.2. The predicted octanol–water partition coefficient (Wildman–Crippen LogP) is 1.22. The number of likely N-dealkylation sites (tertiary alicyclic amines) is 1. The van der Waals surface area contributed by atoms with Gasteiger partial charge >= 0.3 is 0 Å². The van der Waals surface area contributed by atoms with Crippen molar-refractivity contribution in [3.63, 3.8) is 0 Å². The van der Waals surface area contributed by atoms with Gasteiger partial charge in [-0.25, -0.2) is 4.98 Å². The number of nitrogens with zero attached hydrogens (tertiary/aromatic N) is 4. The molecule has 1 atom stereocenters. The van der Waals surface area contributed by atoms with Crippen LogP contribution in [0.15, 0.2) is 6.20 Å². The lowest BCUT2D eigenvalue weighted by atomic mass is 10.2. The molecule has 1 aromatic rings. The summed E-state index contributed by atoms with van der Waals surface area (Å²) in [6.07, 6.45) is 4.83. The minimum Gasteiger partial charge on any atom is -0.341 e. The third kappa shape index (κ3) is 4.08. The Morgan fingerprint density at radius 2 is 2.32 bits per heavy atom. The van der Waals surface area contributed by atoms with Crippen LogP contribution in [0.5, 0.6) is 0 Å². The second kappa shape index (κ2) is 7.74. The molecule has 2 heterocycles. The Morgan fingerprint density at radius 3 is 2.95 bits per heavy atom. The SMILES string of the molecule is CN(C)C1CCN(C(=O)CCc2ncc(Cl)n2CCC=O)C1. The van der Waals surface area contributed by atoms with Crippen molar-refractivity contribution < 1.29 is 9.59 Å². The number of imidazole rings is 1. The van der Waals surface area contributed by atoms with Crippen LogP contribution in [0.3, 0.4) is 0 Å². The van der Waals surface area contributed by atoms with Gasteiger partial charge in [-0.1, -0.05) is 11.6 Å². The minimum absolute atomic E-state index is 0.158. The van der Waals surface area contributed by atoms with Crippen LogP contribution in [0.1, 0.15) is 25.1 Å². The maximum absolute atomic E-state index is 12.3. The van der Waals surface area contributed by atoms with Crippen molar-refractivity contribution in [1.29, 1.82) is 0 Å². The number of hydrogen-bond donors (Lipinski definition) is 0. The van der Waals surface area contributed by atoms with Crippen LogP contribution in [0.2, 0.25) is 5.15 Å². The molecule has 2 rings (SSSR count). The molecule has 0 aromatic carbocycles. The quantitative estimate of drug-likeness (QED) is 0.707. The van der Waals surface area contributed by atoms with Gasteiger partial charge in [0.25, 0.3) is 0 Å². The van der Waals surface area contributed by atoms with Crippen LogP contribution in [-0.2, 0) is 22.6 Å². The molecule has 122 valence electrons. The Balaban J connectivity index is 1.88. The molecule has 1 aromatic heterocycles. The summed E-state index contributed by atoms with van der Waals surface area (Å²) < 4.78 is 1.80. The largest absolute Gasteiger partial charge is 0.341 e. The molecule has 22 heavy (non-hydrogen) atoms. The molecule has 1 amide bonds. The standard InChI is InChI=1S/C15H23ClN4O2/c1-18(2)12-6-8-19(11-12)15(22)5-4-14-17-10-13(16)20(14)7-3-9-21/h9-10,12H,3-8,11H2,1-2H3. The lowest BCUT2D eigenvalue weighted by molar-refractivity contribution is -0.130. The fraction of sp³-hybridized carbons (Fsp3) is 0.667. The Labute approximate surface area is 136 Å². The Hall–Kier alpha value is -1.40. The van der Waals surface area contributed by atoms with E-state index in [4.69, 9.17) is 11.6 Å². The van der Waals surface area contributed by atoms with Crippen molar-refractivity contribution in [3.8, 4) is 0 Å². The summed E-state index contributed by atoms with van der Waals surface area (Å²) in [4.78, 5) is 31.1. The van der Waals surface area contributed by atoms with Crippen molar-refractivity contribution in [2.75, 3.05) is 27.2 Å². The number of halogens is 1. The van der Waals surface area contributed by atoms with E-state index in [2.05, 4.69) is 9.88 Å². The molecule has 7 heteroatoms. The topological polar surface area (TPSA) is 58.4 Å². The van der Waals surface area contributed by atoms with Crippen LogP contribution < -0.4 is 0 Å². The summed E-state index contributed by atoms with van der Waals surface area (Å²) in [5.41, 5.74) is 0. The van der Waals surface area contributed by atoms with E-state index in [1.54, 1.807) is 10.8 Å². The van der Waals surface area contributed by atoms with E-state index in [0.717, 1.165) is 31.6 Å². The first-order chi connectivity index (χ1) is 10.5. The van der Waals surface area contributed by atoms with Gasteiger partial charge in [0.2, 0.25) is 5.91 Å². The van der Waals surface area contributed by atoms with Gasteiger partial charge in [-0.3, -0.25) is 4.79 Å². The maximum atomic E-state index is 12.3. The number of aromatic nitrogens is 2. The molecule has 1 fully saturated rings. The summed E-state index contributed by atoms with van der Waals surface area (Å²) in [7, 11) is 4.09. The molecule has 1 aliphatic heterocycles. The van der Waals surface area contributed by atoms with E-state index in [1.165, 1.54) is 0 Å². The predicted molar refractivity (Wildman–Crippen MR) is 84.9 cm³/mol. The number of aldehydes is 1. The number of amides is 1. The second-order valence-electron chi connectivity index (χ2n) is 5.85. The number of rotatable bonds is 7. The van der Waals surface area contributed by atoms with E-state index in [1.807, 2.05) is 19.0 Å². The lowest BCUT2D eigenvalue weighted by Crippen LogP contribution is -2.34. The average molecular weight is 327 g/mol. The number of aryl methyl sites for hydroxylation is 1. The molecule has 1 aliphatic rings. The van der Waals surface area contributed by atoms with Crippen molar-refractivity contribution in [1.82, 2.24) is 19.4 Å². The van der Waals surface area contributed by atoms with E-state index < -0.39 is 0 Å². The molecular formula is C15H23ClN4O2. The van der Waals surface area contributed by atoms with Gasteiger partial charge in [-0.05, 0) is 20.5 Å². The summed E-state index contributed by atoms with van der Waals surface area (Å²) >= 11 is 6.06. The number of likely N-dealkylation sites (N-methyl/N-ethyl adjacent to an activating group) is 1. The number of hydrogen-bond acceptors (Lipinski definition) is 4. The van der Waals surface area contributed by atoms with Gasteiger partial charge in [0.05, 0.1) is 6.20 Å². The monoisotopic (exact) mass is 326 g/mol. The van der Waals surface area contributed by atoms with E-state index >= 15 is 0 Å². The van der Waals surface area contributed by atoms with Crippen LogP contribution in [0.4, 0.5) is 0 Å². The van der Waals surface area contributed by atoms with Crippen molar-refractivity contribution >= 4 is 23.8 Å². The minimum atomic E-state index is 0.158. The molecule has 0 N–H and O–H groups in total. The molecule has 1 unspecified atom stereocenters. The Kier molecular flexibility index (Phi) is 5.97. The summed E-state index contributed by atoms with van der Waals surface area (Å²) in [6.45, 7) is 2.13. The Morgan fingerprint density at radius 1 is 1.55 bits per heavy atom. The van der Waals surface area contributed by atoms with Crippen molar-refractivity contribution in [2.24, 2.45) is 0 Å². The first kappa shape index (κ1) is 17.0. The first-order valence-corrected chi connectivity index (χ1v) is 7.98. The van der Waals surface area contributed by atoms with Gasteiger partial charge in [-0.2, -0.15) is 0 Å². The van der Waals surface area contributed by atoms with Crippen LogP contribution >= 0.6 is 11.6 Å². The smallest absolute Gasteiger partial charge is 0.223 e. The highest BCUT2D eigenvalue weighted by Crippen LogP contribution is 2.17. The molecule has 1 saturated heterocycles. The van der Waals surface area contributed by atoms with Gasteiger partial charge < -0.3 is 19.2 Å². The lowest BCUT2D eigenvalue weighted by Gasteiger charge is -2.20. The summed E-state index contributed by atoms with van der Waals surface area (Å²) in [5.74, 6) is 0.925. The van der Waals surface area contributed by atoms with Gasteiger partial charge in [0, 0.05) is 44.9 Å². The molecule has 0 saturated carbocycles. The molecule has 0 radical (unpaired) electrons. The third-order valence-electron chi connectivity index (χ3n) is 4.17. The average Bonchev–Trinajstić information content (AvgIpc) is 3.10. The molecule has 0 aliphatic carbocycles. The van der Waals surface area contributed by atoms with Crippen molar-refractivity contribution in [2.45, 2.75) is 38.3 Å². The van der Waals surface area contributed by atoms with E-state index in [-0.39, 0.29) is 5.91 Å². The number of carbonyl (C=O) groups is 2. The summed E-state index contributed by atoms with van der Waals surface area (Å²) in [5, 5.41) is 0.512. The van der Waals surface area contributed by atoms with Crippen LogP contribution in [0, 0.1) is 0 Å². The molecule has 6 nitrogen and oxygen atoms in total. The highest BCUT2D eigenvalue weighted by molar-refractivity contribution is 6.29. The fourth-order valence-corrected chi connectivity index (χ4v) is 3.01. The zero-order valence-electron chi connectivity index (χ0n) is 13.2. The third-order valence-corrected chi connectivity index (χ3v) is 4.47. The van der Waals surface area contributed by atoms with Crippen LogP contribution in [-0.4, -0.2) is 64.8 Å².